The molecule has 0 spiro atoms. The summed E-state index contributed by atoms with van der Waals surface area (Å²) in [4.78, 5) is 26.5. The van der Waals surface area contributed by atoms with Crippen molar-refractivity contribution < 1.29 is 14.3 Å². The molecule has 7 heteroatoms. The van der Waals surface area contributed by atoms with Gasteiger partial charge < -0.3 is 10.1 Å². The Morgan fingerprint density at radius 3 is 2.55 bits per heavy atom. The van der Waals surface area contributed by atoms with Crippen LogP contribution in [0, 0.1) is 6.92 Å². The largest absolute Gasteiger partial charge is 0.451 e. The van der Waals surface area contributed by atoms with Crippen molar-refractivity contribution >= 4 is 28.9 Å². The summed E-state index contributed by atoms with van der Waals surface area (Å²) in [5, 5.41) is 9.47. The molecule has 33 heavy (non-hydrogen) atoms. The smallest absolute Gasteiger partial charge is 0.357 e. The number of rotatable bonds is 7. The highest BCUT2D eigenvalue weighted by atomic mass is 32.1. The number of amides is 1. The molecule has 2 aromatic carbocycles. The van der Waals surface area contributed by atoms with Gasteiger partial charge in [-0.05, 0) is 47.5 Å². The minimum Gasteiger partial charge on any atom is -0.451 e. The predicted molar refractivity (Wildman–Crippen MR) is 131 cm³/mol. The lowest BCUT2D eigenvalue weighted by Crippen LogP contribution is -2.23. The van der Waals surface area contributed by atoms with Crippen LogP contribution in [0.4, 0.5) is 5.69 Å². The van der Waals surface area contributed by atoms with E-state index in [9.17, 15) is 9.59 Å². The van der Waals surface area contributed by atoms with Crippen LogP contribution >= 0.6 is 11.3 Å². The zero-order valence-electron chi connectivity index (χ0n) is 18.7. The lowest BCUT2D eigenvalue weighted by atomic mass is 9.98. The zero-order valence-corrected chi connectivity index (χ0v) is 19.6. The van der Waals surface area contributed by atoms with Gasteiger partial charge in [0.05, 0.1) is 10.6 Å². The van der Waals surface area contributed by atoms with Gasteiger partial charge in [-0.15, -0.1) is 11.3 Å². The number of ether oxygens (including phenoxy) is 1. The Kier molecular flexibility index (Phi) is 6.70. The van der Waals surface area contributed by atoms with Crippen LogP contribution in [0.5, 0.6) is 0 Å². The number of esters is 1. The number of nitrogens with zero attached hydrogens (tertiary/aromatic N) is 2. The third-order valence-electron chi connectivity index (χ3n) is 5.22. The summed E-state index contributed by atoms with van der Waals surface area (Å²) in [5.74, 6) is -0.749. The highest BCUT2D eigenvalue weighted by molar-refractivity contribution is 7.13. The normalized spacial score (nSPS) is 10.9. The van der Waals surface area contributed by atoms with Crippen LogP contribution < -0.4 is 5.32 Å². The van der Waals surface area contributed by atoms with Crippen LogP contribution in [0.1, 0.15) is 41.4 Å². The summed E-state index contributed by atoms with van der Waals surface area (Å²) < 4.78 is 6.94. The fourth-order valence-electron chi connectivity index (χ4n) is 3.56. The first-order valence-corrected chi connectivity index (χ1v) is 11.6. The molecule has 2 aromatic heterocycles. The molecular weight excluding hydrogens is 434 g/mol. The molecule has 6 nitrogen and oxygen atoms in total. The maximum Gasteiger partial charge on any atom is 0.357 e. The molecule has 0 unspecified atom stereocenters. The summed E-state index contributed by atoms with van der Waals surface area (Å²) in [7, 11) is 0. The number of hydrogen-bond donors (Lipinski definition) is 1. The summed E-state index contributed by atoms with van der Waals surface area (Å²) in [6.45, 7) is 5.69. The van der Waals surface area contributed by atoms with Gasteiger partial charge in [-0.25, -0.2) is 9.48 Å². The van der Waals surface area contributed by atoms with E-state index in [4.69, 9.17) is 4.74 Å². The molecule has 0 aliphatic heterocycles. The Hall–Kier alpha value is -3.71. The minimum absolute atomic E-state index is 0.249. The van der Waals surface area contributed by atoms with Gasteiger partial charge in [0.15, 0.2) is 12.3 Å². The quantitative estimate of drug-likeness (QED) is 0.353. The summed E-state index contributed by atoms with van der Waals surface area (Å²) in [6, 6.07) is 20.8. The maximum absolute atomic E-state index is 13.0. The van der Waals surface area contributed by atoms with Crippen molar-refractivity contribution in [2.75, 3.05) is 11.9 Å². The van der Waals surface area contributed by atoms with E-state index in [-0.39, 0.29) is 24.1 Å². The second kappa shape index (κ2) is 9.83. The van der Waals surface area contributed by atoms with Gasteiger partial charge in [-0.2, -0.15) is 5.10 Å². The summed E-state index contributed by atoms with van der Waals surface area (Å²) in [5.41, 5.74) is 4.44. The van der Waals surface area contributed by atoms with Crippen molar-refractivity contribution in [2.45, 2.75) is 26.7 Å². The van der Waals surface area contributed by atoms with Gasteiger partial charge in [0, 0.05) is 11.8 Å². The SMILES string of the molecule is Cc1cccc(C(C)C)c1NC(=O)COC(=O)c1cc(-c2cccs2)nn1-c1ccccc1. The second-order valence-corrected chi connectivity index (χ2v) is 8.91. The van der Waals surface area contributed by atoms with E-state index in [1.165, 1.54) is 11.3 Å². The molecule has 0 saturated heterocycles. The molecule has 0 atom stereocenters. The summed E-state index contributed by atoms with van der Waals surface area (Å²) in [6.07, 6.45) is 0. The first-order valence-electron chi connectivity index (χ1n) is 10.7. The highest BCUT2D eigenvalue weighted by Crippen LogP contribution is 2.28. The molecule has 1 amide bonds. The number of benzene rings is 2. The number of para-hydroxylation sites is 2. The van der Waals surface area contributed by atoms with Crippen LogP contribution in [0.15, 0.2) is 72.1 Å². The van der Waals surface area contributed by atoms with Crippen LogP contribution in [-0.2, 0) is 9.53 Å². The molecule has 0 bridgehead atoms. The zero-order chi connectivity index (χ0) is 23.4. The molecular formula is C26H25N3O3S. The first kappa shape index (κ1) is 22.5. The van der Waals surface area contributed by atoms with Gasteiger partial charge in [-0.1, -0.05) is 56.3 Å². The van der Waals surface area contributed by atoms with Crippen molar-refractivity contribution in [3.8, 4) is 16.3 Å². The maximum atomic E-state index is 13.0. The molecule has 0 aliphatic carbocycles. The van der Waals surface area contributed by atoms with Gasteiger partial charge in [0.1, 0.15) is 5.69 Å². The number of aromatic nitrogens is 2. The van der Waals surface area contributed by atoms with E-state index < -0.39 is 5.97 Å². The average molecular weight is 460 g/mol. The fourth-order valence-corrected chi connectivity index (χ4v) is 4.24. The van der Waals surface area contributed by atoms with Gasteiger partial charge in [-0.3, -0.25) is 4.79 Å². The van der Waals surface area contributed by atoms with Crippen molar-refractivity contribution in [3.63, 3.8) is 0 Å². The molecule has 4 aromatic rings. The Bertz CT molecular complexity index is 1260. The number of carbonyl (C=O) groups is 2. The molecule has 4 rings (SSSR count). The highest BCUT2D eigenvalue weighted by Gasteiger charge is 2.21. The molecule has 0 aliphatic rings. The average Bonchev–Trinajstić information content (AvgIpc) is 3.49. The van der Waals surface area contributed by atoms with E-state index in [1.807, 2.05) is 73.0 Å². The lowest BCUT2D eigenvalue weighted by Gasteiger charge is -2.16. The fraction of sp³-hybridized carbons (Fsp3) is 0.192. The van der Waals surface area contributed by atoms with Crippen molar-refractivity contribution in [3.05, 3.63) is 88.9 Å². The van der Waals surface area contributed by atoms with E-state index >= 15 is 0 Å². The molecule has 0 saturated carbocycles. The van der Waals surface area contributed by atoms with Crippen LogP contribution in [-0.4, -0.2) is 28.3 Å². The lowest BCUT2D eigenvalue weighted by molar-refractivity contribution is -0.119. The topological polar surface area (TPSA) is 73.2 Å². The van der Waals surface area contributed by atoms with Crippen molar-refractivity contribution in [2.24, 2.45) is 0 Å². The van der Waals surface area contributed by atoms with Gasteiger partial charge >= 0.3 is 5.97 Å². The number of anilines is 1. The number of thiophene rings is 1. The minimum atomic E-state index is -0.613. The summed E-state index contributed by atoms with van der Waals surface area (Å²) >= 11 is 1.54. The number of hydrogen-bond acceptors (Lipinski definition) is 5. The number of carbonyl (C=O) groups excluding carboxylic acids is 2. The Morgan fingerprint density at radius 1 is 1.06 bits per heavy atom. The third-order valence-corrected chi connectivity index (χ3v) is 6.11. The van der Waals surface area contributed by atoms with Gasteiger partial charge in [0.25, 0.3) is 5.91 Å². The molecule has 0 radical (unpaired) electrons. The van der Waals surface area contributed by atoms with Crippen LogP contribution in [0.3, 0.4) is 0 Å². The third kappa shape index (κ3) is 5.04. The Labute approximate surface area is 196 Å². The Morgan fingerprint density at radius 2 is 1.85 bits per heavy atom. The standard InChI is InChI=1S/C26H25N3O3S/c1-17(2)20-12-7-9-18(3)25(20)27-24(30)16-32-26(31)22-15-21(23-13-8-14-33-23)28-29(22)19-10-5-4-6-11-19/h4-15,17H,16H2,1-3H3,(H,27,30). The monoisotopic (exact) mass is 459 g/mol. The van der Waals surface area contributed by atoms with E-state index in [0.717, 1.165) is 27.4 Å². The molecule has 2 heterocycles. The Balaban J connectivity index is 1.53. The van der Waals surface area contributed by atoms with Crippen molar-refractivity contribution in [1.29, 1.82) is 0 Å². The molecule has 168 valence electrons. The molecule has 1 N–H and O–H groups in total. The van der Waals surface area contributed by atoms with Crippen LogP contribution in [0.25, 0.3) is 16.3 Å². The van der Waals surface area contributed by atoms with E-state index in [2.05, 4.69) is 24.3 Å². The van der Waals surface area contributed by atoms with E-state index in [0.29, 0.717) is 5.69 Å². The van der Waals surface area contributed by atoms with E-state index in [1.54, 1.807) is 10.7 Å². The predicted octanol–water partition coefficient (Wildman–Crippen LogP) is 5.83. The first-order chi connectivity index (χ1) is 15.9. The second-order valence-electron chi connectivity index (χ2n) is 7.96. The van der Waals surface area contributed by atoms with Crippen LogP contribution in [0.2, 0.25) is 0 Å². The molecule has 0 fully saturated rings. The number of aryl methyl sites for hydroxylation is 1. The van der Waals surface area contributed by atoms with Crippen molar-refractivity contribution in [1.82, 2.24) is 9.78 Å². The van der Waals surface area contributed by atoms with Gasteiger partial charge in [0.2, 0.25) is 0 Å². The number of nitrogens with one attached hydrogen (secondary N) is 1.